The summed E-state index contributed by atoms with van der Waals surface area (Å²) in [5.41, 5.74) is 0.0243. The highest BCUT2D eigenvalue weighted by Crippen LogP contribution is 2.26. The number of nitrogens with one attached hydrogen (secondary N) is 1. The van der Waals surface area contributed by atoms with Crippen LogP contribution in [0.25, 0.3) is 10.8 Å². The Kier molecular flexibility index (Phi) is 5.26. The Hall–Kier alpha value is -2.76. The van der Waals surface area contributed by atoms with Crippen LogP contribution in [0.3, 0.4) is 0 Å². The van der Waals surface area contributed by atoms with E-state index in [1.54, 1.807) is 35.2 Å². The van der Waals surface area contributed by atoms with Gasteiger partial charge in [0.2, 0.25) is 0 Å². The van der Waals surface area contributed by atoms with E-state index >= 15 is 0 Å². The molecule has 2 N–H and O–H groups in total. The fourth-order valence-electron chi connectivity index (χ4n) is 3.34. The number of fused-ring (bicyclic) bond motifs is 1. The molecule has 27 heavy (non-hydrogen) atoms. The molecule has 2 aromatic rings. The molecule has 1 fully saturated rings. The molecular weight excluding hydrogens is 344 g/mol. The summed E-state index contributed by atoms with van der Waals surface area (Å²) in [6.07, 6.45) is 1.18. The highest BCUT2D eigenvalue weighted by molar-refractivity contribution is 5.99. The number of benzene rings is 2. The summed E-state index contributed by atoms with van der Waals surface area (Å²) in [5.74, 6) is 0.127. The number of nitrogens with zero attached hydrogens (tertiary/aromatic N) is 1. The van der Waals surface area contributed by atoms with Gasteiger partial charge in [-0.1, -0.05) is 12.1 Å². The van der Waals surface area contributed by atoms with Crippen LogP contribution in [0.4, 0.5) is 4.79 Å². The molecule has 3 rings (SSSR count). The molecule has 1 aliphatic rings. The maximum Gasteiger partial charge on any atom is 0.407 e. The second-order valence-corrected chi connectivity index (χ2v) is 7.95. The summed E-state index contributed by atoms with van der Waals surface area (Å²) < 4.78 is 5.30. The van der Waals surface area contributed by atoms with Crippen molar-refractivity contribution in [1.29, 1.82) is 0 Å². The lowest BCUT2D eigenvalue weighted by Gasteiger charge is -2.33. The number of aromatic hydroxyl groups is 1. The zero-order valence-electron chi connectivity index (χ0n) is 16.0. The minimum atomic E-state index is -0.551. The zero-order valence-corrected chi connectivity index (χ0v) is 16.0. The largest absolute Gasteiger partial charge is 0.507 e. The SMILES string of the molecule is CC(C)(C)OC(=O)N[C@@H]1CCCN(C(=O)c2ccc3c(O)cccc3c2)C1. The van der Waals surface area contributed by atoms with Crippen molar-refractivity contribution in [2.75, 3.05) is 13.1 Å². The molecule has 0 unspecified atom stereocenters. The monoisotopic (exact) mass is 370 g/mol. The third-order valence-electron chi connectivity index (χ3n) is 4.53. The first-order chi connectivity index (χ1) is 12.7. The number of phenols is 1. The summed E-state index contributed by atoms with van der Waals surface area (Å²) in [6.45, 7) is 6.57. The molecule has 6 heteroatoms. The molecule has 0 saturated carbocycles. The standard InChI is InChI=1S/C21H26N2O4/c1-21(2,3)27-20(26)22-16-7-5-11-23(13-16)19(25)15-9-10-17-14(12-15)6-4-8-18(17)24/h4,6,8-10,12,16,24H,5,7,11,13H2,1-3H3,(H,22,26)/t16-/m1/s1. The Morgan fingerprint density at radius 2 is 2.00 bits per heavy atom. The summed E-state index contributed by atoms with van der Waals surface area (Å²) in [4.78, 5) is 26.7. The predicted molar refractivity (Wildman–Crippen MR) is 104 cm³/mol. The Morgan fingerprint density at radius 3 is 2.74 bits per heavy atom. The van der Waals surface area contributed by atoms with Crippen LogP contribution in [0, 0.1) is 0 Å². The van der Waals surface area contributed by atoms with Gasteiger partial charge in [0, 0.05) is 30.1 Å². The van der Waals surface area contributed by atoms with E-state index in [4.69, 9.17) is 4.74 Å². The molecule has 0 bridgehead atoms. The maximum absolute atomic E-state index is 12.9. The fourth-order valence-corrected chi connectivity index (χ4v) is 3.34. The summed E-state index contributed by atoms with van der Waals surface area (Å²) >= 11 is 0. The smallest absolute Gasteiger partial charge is 0.407 e. The van der Waals surface area contributed by atoms with Gasteiger partial charge in [0.15, 0.2) is 0 Å². The number of amides is 2. The lowest BCUT2D eigenvalue weighted by molar-refractivity contribution is 0.0452. The molecule has 144 valence electrons. The number of piperidine rings is 1. The van der Waals surface area contributed by atoms with Gasteiger partial charge in [0.1, 0.15) is 11.4 Å². The number of hydrogen-bond donors (Lipinski definition) is 2. The van der Waals surface area contributed by atoms with Gasteiger partial charge >= 0.3 is 6.09 Å². The van der Waals surface area contributed by atoms with Crippen LogP contribution >= 0.6 is 0 Å². The molecule has 1 atom stereocenters. The zero-order chi connectivity index (χ0) is 19.6. The highest BCUT2D eigenvalue weighted by atomic mass is 16.6. The van der Waals surface area contributed by atoms with Gasteiger partial charge in [-0.3, -0.25) is 4.79 Å². The average molecular weight is 370 g/mol. The van der Waals surface area contributed by atoms with Crippen LogP contribution in [0.2, 0.25) is 0 Å². The van der Waals surface area contributed by atoms with E-state index in [0.29, 0.717) is 18.7 Å². The fraction of sp³-hybridized carbons (Fsp3) is 0.429. The van der Waals surface area contributed by atoms with E-state index in [-0.39, 0.29) is 17.7 Å². The van der Waals surface area contributed by atoms with E-state index in [2.05, 4.69) is 5.32 Å². The Balaban J connectivity index is 1.69. The lowest BCUT2D eigenvalue weighted by Crippen LogP contribution is -2.50. The van der Waals surface area contributed by atoms with E-state index < -0.39 is 11.7 Å². The molecular formula is C21H26N2O4. The first-order valence-corrected chi connectivity index (χ1v) is 9.23. The van der Waals surface area contributed by atoms with Crippen LogP contribution in [0.15, 0.2) is 36.4 Å². The molecule has 1 saturated heterocycles. The van der Waals surface area contributed by atoms with Gasteiger partial charge in [-0.2, -0.15) is 0 Å². The molecule has 1 heterocycles. The number of likely N-dealkylation sites (tertiary alicyclic amines) is 1. The number of carbonyl (C=O) groups excluding carboxylic acids is 2. The van der Waals surface area contributed by atoms with Gasteiger partial charge in [-0.15, -0.1) is 0 Å². The number of ether oxygens (including phenoxy) is 1. The Bertz CT molecular complexity index is 857. The minimum Gasteiger partial charge on any atom is -0.507 e. The molecule has 0 radical (unpaired) electrons. The topological polar surface area (TPSA) is 78.9 Å². The van der Waals surface area contributed by atoms with E-state index in [9.17, 15) is 14.7 Å². The van der Waals surface area contributed by atoms with Crippen LogP contribution < -0.4 is 5.32 Å². The molecule has 2 aromatic carbocycles. The normalized spacial score (nSPS) is 17.6. The van der Waals surface area contributed by atoms with Crippen LogP contribution in [-0.4, -0.2) is 46.7 Å². The predicted octanol–water partition coefficient (Wildman–Crippen LogP) is 3.67. The first-order valence-electron chi connectivity index (χ1n) is 9.23. The maximum atomic E-state index is 12.9. The van der Waals surface area contributed by atoms with E-state index in [1.165, 1.54) is 0 Å². The number of alkyl carbamates (subject to hydrolysis) is 1. The van der Waals surface area contributed by atoms with Crippen molar-refractivity contribution in [3.05, 3.63) is 42.0 Å². The quantitative estimate of drug-likeness (QED) is 0.845. The molecule has 1 aliphatic heterocycles. The van der Waals surface area contributed by atoms with Gasteiger partial charge < -0.3 is 20.1 Å². The van der Waals surface area contributed by atoms with Crippen molar-refractivity contribution in [3.63, 3.8) is 0 Å². The van der Waals surface area contributed by atoms with Crippen molar-refractivity contribution < 1.29 is 19.4 Å². The highest BCUT2D eigenvalue weighted by Gasteiger charge is 2.27. The number of hydrogen-bond acceptors (Lipinski definition) is 4. The third-order valence-corrected chi connectivity index (χ3v) is 4.53. The van der Waals surface area contributed by atoms with Crippen molar-refractivity contribution in [2.45, 2.75) is 45.3 Å². The molecule has 0 aromatic heterocycles. The van der Waals surface area contributed by atoms with Crippen LogP contribution in [0.5, 0.6) is 5.75 Å². The average Bonchev–Trinajstić information content (AvgIpc) is 2.59. The summed E-state index contributed by atoms with van der Waals surface area (Å²) in [7, 11) is 0. The molecule has 0 spiro atoms. The summed E-state index contributed by atoms with van der Waals surface area (Å²) in [6, 6.07) is 10.4. The van der Waals surface area contributed by atoms with Crippen molar-refractivity contribution in [2.24, 2.45) is 0 Å². The van der Waals surface area contributed by atoms with Crippen molar-refractivity contribution in [1.82, 2.24) is 10.2 Å². The van der Waals surface area contributed by atoms with Gasteiger partial charge in [-0.05, 0) is 63.3 Å². The lowest BCUT2D eigenvalue weighted by atomic mass is 10.0. The molecule has 6 nitrogen and oxygen atoms in total. The van der Waals surface area contributed by atoms with Gasteiger partial charge in [0.05, 0.1) is 0 Å². The molecule has 0 aliphatic carbocycles. The second kappa shape index (κ2) is 7.47. The Labute approximate surface area is 159 Å². The second-order valence-electron chi connectivity index (χ2n) is 7.95. The van der Waals surface area contributed by atoms with E-state index in [1.807, 2.05) is 26.8 Å². The number of rotatable bonds is 2. The number of phenolic OH excluding ortho intramolecular Hbond substituents is 1. The van der Waals surface area contributed by atoms with Crippen LogP contribution in [-0.2, 0) is 4.74 Å². The van der Waals surface area contributed by atoms with Crippen molar-refractivity contribution in [3.8, 4) is 5.75 Å². The molecule has 2 amide bonds. The van der Waals surface area contributed by atoms with Gasteiger partial charge in [0.25, 0.3) is 5.91 Å². The third kappa shape index (κ3) is 4.70. The van der Waals surface area contributed by atoms with Crippen molar-refractivity contribution >= 4 is 22.8 Å². The minimum absolute atomic E-state index is 0.0732. The first kappa shape index (κ1) is 19.0. The Morgan fingerprint density at radius 1 is 1.22 bits per heavy atom. The number of carbonyl (C=O) groups is 2. The summed E-state index contributed by atoms with van der Waals surface area (Å²) in [5, 5.41) is 14.3. The van der Waals surface area contributed by atoms with E-state index in [0.717, 1.165) is 23.6 Å². The van der Waals surface area contributed by atoms with Gasteiger partial charge in [-0.25, -0.2) is 4.79 Å². The van der Waals surface area contributed by atoms with Crippen LogP contribution in [0.1, 0.15) is 44.0 Å².